The van der Waals surface area contributed by atoms with E-state index in [0.717, 1.165) is 0 Å². The Morgan fingerprint density at radius 3 is 2.69 bits per heavy atom. The molecule has 1 fully saturated rings. The van der Waals surface area contributed by atoms with Gasteiger partial charge in [0.05, 0.1) is 0 Å². The third kappa shape index (κ3) is 2.49. The minimum atomic E-state index is 0.573. The van der Waals surface area contributed by atoms with E-state index in [4.69, 9.17) is 0 Å². The molecule has 0 saturated heterocycles. The summed E-state index contributed by atoms with van der Waals surface area (Å²) >= 11 is 1.88. The van der Waals surface area contributed by atoms with Gasteiger partial charge in [0, 0.05) is 17.5 Å². The van der Waals surface area contributed by atoms with Crippen LogP contribution < -0.4 is 5.32 Å². The minimum Gasteiger partial charge on any atom is -0.309 e. The standard InChI is InChI=1S/C14H23NS/c1-3-12(13-7-5-10-16-13)15-11-14(4-2)8-6-9-14/h5,7,10,12,15H,3-4,6,8-9,11H2,1-2H3. The molecule has 1 nitrogen and oxygen atoms in total. The van der Waals surface area contributed by atoms with E-state index in [1.807, 2.05) is 11.3 Å². The smallest absolute Gasteiger partial charge is 0.0412 e. The molecule has 90 valence electrons. The van der Waals surface area contributed by atoms with Gasteiger partial charge in [0.2, 0.25) is 0 Å². The maximum Gasteiger partial charge on any atom is 0.0412 e. The summed E-state index contributed by atoms with van der Waals surface area (Å²) in [6.07, 6.45) is 6.82. The number of thiophene rings is 1. The Bertz CT molecular complexity index is 295. The Balaban J connectivity index is 1.88. The van der Waals surface area contributed by atoms with Gasteiger partial charge in [-0.05, 0) is 42.5 Å². The molecule has 0 aliphatic heterocycles. The average Bonchev–Trinajstić information content (AvgIpc) is 2.76. The van der Waals surface area contributed by atoms with E-state index in [1.54, 1.807) is 0 Å². The molecule has 1 unspecified atom stereocenters. The summed E-state index contributed by atoms with van der Waals surface area (Å²) in [7, 11) is 0. The second-order valence-electron chi connectivity index (χ2n) is 5.06. The molecule has 1 saturated carbocycles. The summed E-state index contributed by atoms with van der Waals surface area (Å²) in [6.45, 7) is 5.82. The fraction of sp³-hybridized carbons (Fsp3) is 0.714. The van der Waals surface area contributed by atoms with Crippen molar-refractivity contribution < 1.29 is 0 Å². The predicted molar refractivity (Wildman–Crippen MR) is 71.9 cm³/mol. The molecule has 16 heavy (non-hydrogen) atoms. The van der Waals surface area contributed by atoms with Crippen LogP contribution in [0.4, 0.5) is 0 Å². The Kier molecular flexibility index (Phi) is 4.04. The van der Waals surface area contributed by atoms with Crippen LogP contribution >= 0.6 is 11.3 Å². The number of hydrogen-bond donors (Lipinski definition) is 1. The molecule has 1 atom stereocenters. The fourth-order valence-electron chi connectivity index (χ4n) is 2.61. The summed E-state index contributed by atoms with van der Waals surface area (Å²) in [6, 6.07) is 4.98. The van der Waals surface area contributed by atoms with Crippen LogP contribution in [0.3, 0.4) is 0 Å². The van der Waals surface area contributed by atoms with Gasteiger partial charge in [0.25, 0.3) is 0 Å². The zero-order valence-electron chi connectivity index (χ0n) is 10.5. The van der Waals surface area contributed by atoms with Crippen molar-refractivity contribution in [2.45, 2.75) is 52.0 Å². The first-order valence-electron chi connectivity index (χ1n) is 6.56. The maximum atomic E-state index is 3.78. The molecule has 2 rings (SSSR count). The largest absolute Gasteiger partial charge is 0.309 e. The lowest BCUT2D eigenvalue weighted by Gasteiger charge is -2.42. The summed E-state index contributed by atoms with van der Waals surface area (Å²) < 4.78 is 0. The van der Waals surface area contributed by atoms with Gasteiger partial charge in [-0.3, -0.25) is 0 Å². The Hall–Kier alpha value is -0.340. The van der Waals surface area contributed by atoms with Crippen molar-refractivity contribution >= 4 is 11.3 Å². The van der Waals surface area contributed by atoms with Gasteiger partial charge in [-0.15, -0.1) is 11.3 Å². The van der Waals surface area contributed by atoms with E-state index >= 15 is 0 Å². The lowest BCUT2D eigenvalue weighted by Crippen LogP contribution is -2.40. The maximum absolute atomic E-state index is 3.78. The quantitative estimate of drug-likeness (QED) is 0.774. The Morgan fingerprint density at radius 2 is 2.25 bits per heavy atom. The van der Waals surface area contributed by atoms with Crippen molar-refractivity contribution in [1.82, 2.24) is 5.32 Å². The first-order chi connectivity index (χ1) is 7.79. The SMILES string of the molecule is CCC(NCC1(CC)CCC1)c1cccs1. The van der Waals surface area contributed by atoms with Gasteiger partial charge in [0.15, 0.2) is 0 Å². The third-order valence-corrected chi connectivity index (χ3v) is 5.17. The van der Waals surface area contributed by atoms with Gasteiger partial charge in [-0.25, -0.2) is 0 Å². The predicted octanol–water partition coefficient (Wildman–Crippen LogP) is 4.37. The summed E-state index contributed by atoms with van der Waals surface area (Å²) in [5.74, 6) is 0. The highest BCUT2D eigenvalue weighted by Crippen LogP contribution is 2.43. The zero-order chi connectivity index (χ0) is 11.4. The molecule has 0 aromatic carbocycles. The fourth-order valence-corrected chi connectivity index (χ4v) is 3.49. The molecule has 1 heterocycles. The van der Waals surface area contributed by atoms with E-state index in [0.29, 0.717) is 11.5 Å². The molecule has 0 bridgehead atoms. The first-order valence-corrected chi connectivity index (χ1v) is 7.44. The Labute approximate surface area is 103 Å². The van der Waals surface area contributed by atoms with Crippen LogP contribution in [-0.2, 0) is 0 Å². The van der Waals surface area contributed by atoms with Crippen LogP contribution in [0.2, 0.25) is 0 Å². The molecule has 0 radical (unpaired) electrons. The highest BCUT2D eigenvalue weighted by Gasteiger charge is 2.35. The average molecular weight is 237 g/mol. The molecular formula is C14H23NS. The van der Waals surface area contributed by atoms with Gasteiger partial charge in [-0.1, -0.05) is 26.3 Å². The molecule has 0 amide bonds. The van der Waals surface area contributed by atoms with E-state index in [1.165, 1.54) is 43.5 Å². The van der Waals surface area contributed by atoms with Crippen molar-refractivity contribution in [3.05, 3.63) is 22.4 Å². The van der Waals surface area contributed by atoms with Gasteiger partial charge in [0.1, 0.15) is 0 Å². The van der Waals surface area contributed by atoms with Gasteiger partial charge >= 0.3 is 0 Å². The molecule has 2 heteroatoms. The molecule has 0 spiro atoms. The lowest BCUT2D eigenvalue weighted by atomic mass is 9.67. The third-order valence-electron chi connectivity index (χ3n) is 4.18. The van der Waals surface area contributed by atoms with Crippen LogP contribution in [0.15, 0.2) is 17.5 Å². The van der Waals surface area contributed by atoms with Crippen LogP contribution in [0, 0.1) is 5.41 Å². The topological polar surface area (TPSA) is 12.0 Å². The van der Waals surface area contributed by atoms with Crippen LogP contribution in [0.5, 0.6) is 0 Å². The van der Waals surface area contributed by atoms with E-state index < -0.39 is 0 Å². The lowest BCUT2D eigenvalue weighted by molar-refractivity contribution is 0.119. The summed E-state index contributed by atoms with van der Waals surface area (Å²) in [5, 5.41) is 5.96. The molecule has 1 N–H and O–H groups in total. The minimum absolute atomic E-state index is 0.573. The Morgan fingerprint density at radius 1 is 1.44 bits per heavy atom. The van der Waals surface area contributed by atoms with Crippen molar-refractivity contribution in [3.8, 4) is 0 Å². The van der Waals surface area contributed by atoms with Crippen LogP contribution in [0.25, 0.3) is 0 Å². The van der Waals surface area contributed by atoms with Gasteiger partial charge in [-0.2, -0.15) is 0 Å². The van der Waals surface area contributed by atoms with E-state index in [2.05, 4.69) is 36.7 Å². The molecular weight excluding hydrogens is 214 g/mol. The number of hydrogen-bond acceptors (Lipinski definition) is 2. The number of rotatable bonds is 6. The normalized spacial score (nSPS) is 20.4. The van der Waals surface area contributed by atoms with Crippen molar-refractivity contribution in [2.75, 3.05) is 6.54 Å². The van der Waals surface area contributed by atoms with Crippen LogP contribution in [-0.4, -0.2) is 6.54 Å². The highest BCUT2D eigenvalue weighted by atomic mass is 32.1. The van der Waals surface area contributed by atoms with Crippen molar-refractivity contribution in [2.24, 2.45) is 5.41 Å². The molecule has 1 aliphatic rings. The number of nitrogens with one attached hydrogen (secondary N) is 1. The first kappa shape index (κ1) is 12.1. The monoisotopic (exact) mass is 237 g/mol. The second kappa shape index (κ2) is 5.33. The van der Waals surface area contributed by atoms with E-state index in [-0.39, 0.29) is 0 Å². The van der Waals surface area contributed by atoms with Crippen LogP contribution in [0.1, 0.15) is 56.9 Å². The summed E-state index contributed by atoms with van der Waals surface area (Å²) in [4.78, 5) is 1.49. The second-order valence-corrected chi connectivity index (χ2v) is 6.04. The summed E-state index contributed by atoms with van der Waals surface area (Å²) in [5.41, 5.74) is 0.630. The molecule has 1 aliphatic carbocycles. The van der Waals surface area contributed by atoms with Gasteiger partial charge < -0.3 is 5.32 Å². The highest BCUT2D eigenvalue weighted by molar-refractivity contribution is 7.10. The van der Waals surface area contributed by atoms with E-state index in [9.17, 15) is 0 Å². The van der Waals surface area contributed by atoms with Crippen molar-refractivity contribution in [3.63, 3.8) is 0 Å². The zero-order valence-corrected chi connectivity index (χ0v) is 11.3. The molecule has 1 aromatic rings. The molecule has 1 aromatic heterocycles. The van der Waals surface area contributed by atoms with Crippen molar-refractivity contribution in [1.29, 1.82) is 0 Å².